The molecule has 30 heavy (non-hydrogen) atoms. The van der Waals surface area contributed by atoms with Crippen LogP contribution in [0.25, 0.3) is 0 Å². The standard InChI is InChI=1S/C20H19ClN4O5/c1-28-19(27)17-23-20(22-16-9-7-15(21)8-10-16)24-25(17)13-29-11-12-30-18(26)14-5-3-2-4-6-14/h2-10H,11-13H2,1H3,(H,22,24). The van der Waals surface area contributed by atoms with Gasteiger partial charge in [0.25, 0.3) is 0 Å². The maximum atomic E-state index is 12.0. The molecule has 0 fully saturated rings. The maximum absolute atomic E-state index is 12.0. The summed E-state index contributed by atoms with van der Waals surface area (Å²) in [6, 6.07) is 15.6. The number of anilines is 2. The highest BCUT2D eigenvalue weighted by Gasteiger charge is 2.18. The highest BCUT2D eigenvalue weighted by Crippen LogP contribution is 2.17. The van der Waals surface area contributed by atoms with Crippen LogP contribution in [0.4, 0.5) is 11.6 Å². The van der Waals surface area contributed by atoms with Gasteiger partial charge in [-0.3, -0.25) is 0 Å². The molecule has 0 saturated heterocycles. The molecule has 0 saturated carbocycles. The molecular weight excluding hydrogens is 412 g/mol. The Balaban J connectivity index is 1.55. The average molecular weight is 431 g/mol. The number of carbonyl (C=O) groups is 2. The molecule has 9 nitrogen and oxygen atoms in total. The molecule has 1 N–H and O–H groups in total. The second kappa shape index (κ2) is 10.4. The van der Waals surface area contributed by atoms with E-state index < -0.39 is 11.9 Å². The van der Waals surface area contributed by atoms with Gasteiger partial charge in [-0.15, -0.1) is 5.10 Å². The van der Waals surface area contributed by atoms with E-state index in [-0.39, 0.29) is 31.7 Å². The zero-order chi connectivity index (χ0) is 21.3. The van der Waals surface area contributed by atoms with Gasteiger partial charge in [-0.05, 0) is 36.4 Å². The number of nitrogens with one attached hydrogen (secondary N) is 1. The minimum Gasteiger partial charge on any atom is -0.463 e. The van der Waals surface area contributed by atoms with Crippen molar-refractivity contribution >= 4 is 35.2 Å². The lowest BCUT2D eigenvalue weighted by Gasteiger charge is -2.07. The van der Waals surface area contributed by atoms with Gasteiger partial charge < -0.3 is 19.5 Å². The van der Waals surface area contributed by atoms with Crippen LogP contribution in [0.15, 0.2) is 54.6 Å². The number of aromatic nitrogens is 3. The lowest BCUT2D eigenvalue weighted by molar-refractivity contribution is 0.0129. The number of nitrogens with zero attached hydrogens (tertiary/aromatic N) is 3. The van der Waals surface area contributed by atoms with E-state index in [2.05, 4.69) is 15.4 Å². The van der Waals surface area contributed by atoms with Gasteiger partial charge in [0.05, 0.1) is 19.3 Å². The van der Waals surface area contributed by atoms with E-state index in [4.69, 9.17) is 25.8 Å². The molecule has 0 aliphatic rings. The van der Waals surface area contributed by atoms with Gasteiger partial charge in [0.15, 0.2) is 0 Å². The topological polar surface area (TPSA) is 105 Å². The molecule has 1 heterocycles. The highest BCUT2D eigenvalue weighted by molar-refractivity contribution is 6.30. The van der Waals surface area contributed by atoms with Crippen LogP contribution in [0.1, 0.15) is 21.0 Å². The second-order valence-corrected chi connectivity index (χ2v) is 6.36. The van der Waals surface area contributed by atoms with E-state index in [1.807, 2.05) is 6.07 Å². The lowest BCUT2D eigenvalue weighted by atomic mass is 10.2. The summed E-state index contributed by atoms with van der Waals surface area (Å²) in [7, 11) is 1.25. The Morgan fingerprint density at radius 1 is 1.03 bits per heavy atom. The first kappa shape index (κ1) is 21.3. The van der Waals surface area contributed by atoms with Crippen LogP contribution in [-0.2, 0) is 20.9 Å². The molecule has 2 aromatic carbocycles. The van der Waals surface area contributed by atoms with Crippen LogP contribution in [-0.4, -0.2) is 47.0 Å². The van der Waals surface area contributed by atoms with Crippen molar-refractivity contribution in [3.05, 3.63) is 71.0 Å². The Hall–Kier alpha value is -3.43. The lowest BCUT2D eigenvalue weighted by Crippen LogP contribution is -2.17. The summed E-state index contributed by atoms with van der Waals surface area (Å²) in [4.78, 5) is 28.0. The van der Waals surface area contributed by atoms with Crippen LogP contribution < -0.4 is 5.32 Å². The summed E-state index contributed by atoms with van der Waals surface area (Å²) in [5, 5.41) is 7.77. The summed E-state index contributed by atoms with van der Waals surface area (Å²) in [6.07, 6.45) is 0. The molecule has 0 spiro atoms. The largest absolute Gasteiger partial charge is 0.463 e. The normalized spacial score (nSPS) is 10.5. The van der Waals surface area contributed by atoms with Crippen LogP contribution in [0, 0.1) is 0 Å². The molecule has 0 aliphatic heterocycles. The Bertz CT molecular complexity index is 992. The SMILES string of the molecule is COC(=O)c1nc(Nc2ccc(Cl)cc2)nn1COCCOC(=O)c1ccccc1. The first-order chi connectivity index (χ1) is 14.6. The first-order valence-corrected chi connectivity index (χ1v) is 9.30. The fourth-order valence-electron chi connectivity index (χ4n) is 2.39. The van der Waals surface area contributed by atoms with Crippen LogP contribution in [0.2, 0.25) is 5.02 Å². The van der Waals surface area contributed by atoms with E-state index in [1.165, 1.54) is 11.8 Å². The number of esters is 2. The summed E-state index contributed by atoms with van der Waals surface area (Å²) < 4.78 is 16.6. The quantitative estimate of drug-likeness (QED) is 0.407. The number of hydrogen-bond acceptors (Lipinski definition) is 8. The van der Waals surface area contributed by atoms with Crippen molar-refractivity contribution in [1.82, 2.24) is 14.8 Å². The van der Waals surface area contributed by atoms with Crippen molar-refractivity contribution in [3.8, 4) is 0 Å². The number of rotatable bonds is 9. The Morgan fingerprint density at radius 3 is 2.47 bits per heavy atom. The Labute approximate surface area is 177 Å². The fourth-order valence-corrected chi connectivity index (χ4v) is 2.52. The minimum atomic E-state index is -0.661. The third kappa shape index (κ3) is 5.79. The molecule has 0 amide bonds. The fraction of sp³-hybridized carbons (Fsp3) is 0.200. The maximum Gasteiger partial charge on any atom is 0.375 e. The van der Waals surface area contributed by atoms with Gasteiger partial charge in [0.1, 0.15) is 13.3 Å². The molecule has 0 atom stereocenters. The van der Waals surface area contributed by atoms with Gasteiger partial charge in [0.2, 0.25) is 11.8 Å². The van der Waals surface area contributed by atoms with Crippen molar-refractivity contribution in [2.24, 2.45) is 0 Å². The molecule has 0 aliphatic carbocycles. The summed E-state index contributed by atoms with van der Waals surface area (Å²) in [5.74, 6) is -0.942. The van der Waals surface area contributed by atoms with Gasteiger partial charge in [-0.25, -0.2) is 14.3 Å². The van der Waals surface area contributed by atoms with Crippen LogP contribution in [0.3, 0.4) is 0 Å². The van der Waals surface area contributed by atoms with E-state index >= 15 is 0 Å². The minimum absolute atomic E-state index is 0.0322. The molecule has 3 rings (SSSR count). The van der Waals surface area contributed by atoms with E-state index in [0.29, 0.717) is 16.3 Å². The summed E-state index contributed by atoms with van der Waals surface area (Å²) in [6.45, 7) is 0.0769. The molecule has 0 bridgehead atoms. The van der Waals surface area contributed by atoms with Crippen molar-refractivity contribution in [3.63, 3.8) is 0 Å². The Kier molecular flexibility index (Phi) is 7.36. The third-order valence-corrected chi connectivity index (χ3v) is 4.08. The number of hydrogen-bond donors (Lipinski definition) is 1. The number of benzene rings is 2. The molecule has 0 unspecified atom stereocenters. The van der Waals surface area contributed by atoms with Crippen LogP contribution in [0.5, 0.6) is 0 Å². The zero-order valence-electron chi connectivity index (χ0n) is 16.1. The summed E-state index contributed by atoms with van der Waals surface area (Å²) >= 11 is 5.87. The number of halogens is 1. The number of carbonyl (C=O) groups excluding carboxylic acids is 2. The van der Waals surface area contributed by atoms with Gasteiger partial charge in [-0.1, -0.05) is 29.8 Å². The third-order valence-electron chi connectivity index (χ3n) is 3.82. The molecule has 0 radical (unpaired) electrons. The number of methoxy groups -OCH3 is 1. The zero-order valence-corrected chi connectivity index (χ0v) is 16.8. The first-order valence-electron chi connectivity index (χ1n) is 8.92. The molecule has 10 heteroatoms. The number of ether oxygens (including phenoxy) is 3. The predicted octanol–water partition coefficient (Wildman–Crippen LogP) is 3.29. The molecule has 1 aromatic heterocycles. The monoisotopic (exact) mass is 430 g/mol. The highest BCUT2D eigenvalue weighted by atomic mass is 35.5. The van der Waals surface area contributed by atoms with Crippen LogP contribution >= 0.6 is 11.6 Å². The predicted molar refractivity (Wildman–Crippen MR) is 109 cm³/mol. The molecule has 156 valence electrons. The van der Waals surface area contributed by atoms with Crippen molar-refractivity contribution < 1.29 is 23.8 Å². The molecule has 3 aromatic rings. The van der Waals surface area contributed by atoms with Gasteiger partial charge in [0, 0.05) is 10.7 Å². The van der Waals surface area contributed by atoms with Crippen molar-refractivity contribution in [2.75, 3.05) is 25.6 Å². The summed E-state index contributed by atoms with van der Waals surface area (Å²) in [5.41, 5.74) is 1.15. The van der Waals surface area contributed by atoms with Crippen molar-refractivity contribution in [1.29, 1.82) is 0 Å². The van der Waals surface area contributed by atoms with Gasteiger partial charge >= 0.3 is 11.9 Å². The smallest absolute Gasteiger partial charge is 0.375 e. The average Bonchev–Trinajstić information content (AvgIpc) is 3.17. The Morgan fingerprint density at radius 2 is 1.77 bits per heavy atom. The van der Waals surface area contributed by atoms with E-state index in [0.717, 1.165) is 0 Å². The van der Waals surface area contributed by atoms with Gasteiger partial charge in [-0.2, -0.15) is 4.98 Å². The van der Waals surface area contributed by atoms with Crippen molar-refractivity contribution in [2.45, 2.75) is 6.73 Å². The van der Waals surface area contributed by atoms with E-state index in [9.17, 15) is 9.59 Å². The van der Waals surface area contributed by atoms with E-state index in [1.54, 1.807) is 48.5 Å². The molecular formula is C20H19ClN4O5. The second-order valence-electron chi connectivity index (χ2n) is 5.92.